The summed E-state index contributed by atoms with van der Waals surface area (Å²) >= 11 is 0. The zero-order chi connectivity index (χ0) is 16.5. The summed E-state index contributed by atoms with van der Waals surface area (Å²) in [4.78, 5) is 25.4. The second-order valence-electron chi connectivity index (χ2n) is 5.32. The number of hydrogen-bond donors (Lipinski definition) is 2. The van der Waals surface area contributed by atoms with Crippen LogP contribution in [0.2, 0.25) is 0 Å². The van der Waals surface area contributed by atoms with Crippen molar-refractivity contribution in [1.29, 1.82) is 0 Å². The Kier molecular flexibility index (Phi) is 7.60. The normalized spacial score (nSPS) is 13.5. The Bertz CT molecular complexity index is 472. The first-order valence-corrected chi connectivity index (χ1v) is 7.83. The van der Waals surface area contributed by atoms with Gasteiger partial charge in [0.25, 0.3) is 0 Å². The number of rotatable bonds is 8. The largest absolute Gasteiger partial charge is 0.352 e. The maximum Gasteiger partial charge on any atom is 0.242 e. The van der Waals surface area contributed by atoms with Gasteiger partial charge in [0.1, 0.15) is 6.04 Å². The first-order valence-electron chi connectivity index (χ1n) is 7.83. The zero-order valence-electron chi connectivity index (χ0n) is 13.9. The molecule has 0 fully saturated rings. The van der Waals surface area contributed by atoms with Crippen LogP contribution in [0.25, 0.3) is 0 Å². The molecule has 0 heterocycles. The summed E-state index contributed by atoms with van der Waals surface area (Å²) < 4.78 is 0. The summed E-state index contributed by atoms with van der Waals surface area (Å²) in [6.45, 7) is 9.66. The van der Waals surface area contributed by atoms with Crippen LogP contribution in [0.3, 0.4) is 0 Å². The smallest absolute Gasteiger partial charge is 0.242 e. The summed E-state index contributed by atoms with van der Waals surface area (Å²) in [5.41, 5.74) is 1.18. The average molecular weight is 305 g/mol. The summed E-state index contributed by atoms with van der Waals surface area (Å²) in [7, 11) is 0. The van der Waals surface area contributed by atoms with Crippen LogP contribution in [0.4, 0.5) is 0 Å². The minimum Gasteiger partial charge on any atom is -0.352 e. The highest BCUT2D eigenvalue weighted by Gasteiger charge is 2.20. The van der Waals surface area contributed by atoms with E-state index in [-0.39, 0.29) is 17.9 Å². The second kappa shape index (κ2) is 9.20. The molecule has 2 N–H and O–H groups in total. The van der Waals surface area contributed by atoms with E-state index in [1.54, 1.807) is 6.92 Å². The van der Waals surface area contributed by atoms with Crippen molar-refractivity contribution in [2.24, 2.45) is 0 Å². The lowest BCUT2D eigenvalue weighted by Crippen LogP contribution is -2.46. The fourth-order valence-corrected chi connectivity index (χ4v) is 2.52. The van der Waals surface area contributed by atoms with E-state index < -0.39 is 6.04 Å². The highest BCUT2D eigenvalue weighted by molar-refractivity contribution is 5.86. The van der Waals surface area contributed by atoms with Crippen molar-refractivity contribution in [1.82, 2.24) is 15.5 Å². The van der Waals surface area contributed by atoms with Crippen molar-refractivity contribution in [3.8, 4) is 0 Å². The second-order valence-corrected chi connectivity index (χ2v) is 5.32. The molecule has 0 bridgehead atoms. The number of nitrogens with zero attached hydrogens (tertiary/aromatic N) is 1. The Morgan fingerprint density at radius 3 is 2.23 bits per heavy atom. The number of benzene rings is 1. The SMILES string of the molecule is CCN(CC)C(CNC(=O)C(C)NC(C)=O)c1ccccc1. The van der Waals surface area contributed by atoms with Gasteiger partial charge in [-0.1, -0.05) is 44.2 Å². The van der Waals surface area contributed by atoms with E-state index in [1.165, 1.54) is 12.5 Å². The first kappa shape index (κ1) is 18.2. The molecule has 122 valence electrons. The van der Waals surface area contributed by atoms with Crippen molar-refractivity contribution in [2.75, 3.05) is 19.6 Å². The zero-order valence-corrected chi connectivity index (χ0v) is 13.9. The molecule has 1 rings (SSSR count). The quantitative estimate of drug-likeness (QED) is 0.768. The highest BCUT2D eigenvalue weighted by atomic mass is 16.2. The van der Waals surface area contributed by atoms with Crippen LogP contribution in [0.5, 0.6) is 0 Å². The van der Waals surface area contributed by atoms with Crippen LogP contribution in [0.1, 0.15) is 39.3 Å². The van der Waals surface area contributed by atoms with Gasteiger partial charge in [-0.05, 0) is 25.6 Å². The maximum atomic E-state index is 12.1. The fraction of sp³-hybridized carbons (Fsp3) is 0.529. The number of hydrogen-bond acceptors (Lipinski definition) is 3. The molecule has 0 aliphatic heterocycles. The van der Waals surface area contributed by atoms with Crippen molar-refractivity contribution >= 4 is 11.8 Å². The van der Waals surface area contributed by atoms with Crippen LogP contribution in [0.15, 0.2) is 30.3 Å². The van der Waals surface area contributed by atoms with Gasteiger partial charge in [0.05, 0.1) is 6.04 Å². The molecule has 0 saturated carbocycles. The number of likely N-dealkylation sites (N-methyl/N-ethyl adjacent to an activating group) is 1. The highest BCUT2D eigenvalue weighted by Crippen LogP contribution is 2.19. The first-order chi connectivity index (χ1) is 10.5. The Hall–Kier alpha value is -1.88. The Labute approximate surface area is 133 Å². The average Bonchev–Trinajstić information content (AvgIpc) is 2.51. The van der Waals surface area contributed by atoms with Gasteiger partial charge < -0.3 is 10.6 Å². The van der Waals surface area contributed by atoms with Gasteiger partial charge in [0.2, 0.25) is 11.8 Å². The van der Waals surface area contributed by atoms with E-state index in [0.717, 1.165) is 13.1 Å². The van der Waals surface area contributed by atoms with Gasteiger partial charge in [-0.15, -0.1) is 0 Å². The fourth-order valence-electron chi connectivity index (χ4n) is 2.52. The minimum atomic E-state index is -0.523. The summed E-state index contributed by atoms with van der Waals surface area (Å²) in [5.74, 6) is -0.366. The minimum absolute atomic E-state index is 0.129. The molecule has 0 radical (unpaired) electrons. The van der Waals surface area contributed by atoms with E-state index in [2.05, 4.69) is 41.5 Å². The van der Waals surface area contributed by atoms with Crippen LogP contribution in [-0.4, -0.2) is 42.4 Å². The van der Waals surface area contributed by atoms with Gasteiger partial charge in [0, 0.05) is 13.5 Å². The predicted molar refractivity (Wildman–Crippen MR) is 88.4 cm³/mol. The Balaban J connectivity index is 2.74. The van der Waals surface area contributed by atoms with Gasteiger partial charge >= 0.3 is 0 Å². The number of nitrogens with one attached hydrogen (secondary N) is 2. The molecular weight excluding hydrogens is 278 g/mol. The third kappa shape index (κ3) is 5.48. The van der Waals surface area contributed by atoms with Crippen LogP contribution >= 0.6 is 0 Å². The van der Waals surface area contributed by atoms with Crippen LogP contribution in [0, 0.1) is 0 Å². The molecule has 0 aliphatic carbocycles. The molecule has 2 amide bonds. The van der Waals surface area contributed by atoms with E-state index in [1.807, 2.05) is 18.2 Å². The predicted octanol–water partition coefficient (Wildman–Crippen LogP) is 1.71. The topological polar surface area (TPSA) is 61.4 Å². The molecule has 1 aromatic rings. The van der Waals surface area contributed by atoms with Crippen LogP contribution < -0.4 is 10.6 Å². The number of carbonyl (C=O) groups is 2. The lowest BCUT2D eigenvalue weighted by atomic mass is 10.0. The van der Waals surface area contributed by atoms with E-state index >= 15 is 0 Å². The number of carbonyl (C=O) groups excluding carboxylic acids is 2. The molecule has 0 saturated heterocycles. The summed E-state index contributed by atoms with van der Waals surface area (Å²) in [6.07, 6.45) is 0. The monoisotopic (exact) mass is 305 g/mol. The third-order valence-electron chi connectivity index (χ3n) is 3.72. The standard InChI is InChI=1S/C17H27N3O2/c1-5-20(6-2)16(15-10-8-7-9-11-15)12-18-17(22)13(3)19-14(4)21/h7-11,13,16H,5-6,12H2,1-4H3,(H,18,22)(H,19,21). The van der Waals surface area contributed by atoms with E-state index in [9.17, 15) is 9.59 Å². The van der Waals surface area contributed by atoms with Crippen molar-refractivity contribution in [3.05, 3.63) is 35.9 Å². The molecule has 0 aliphatic rings. The van der Waals surface area contributed by atoms with E-state index in [0.29, 0.717) is 6.54 Å². The van der Waals surface area contributed by atoms with Gasteiger partial charge in [0.15, 0.2) is 0 Å². The molecule has 22 heavy (non-hydrogen) atoms. The summed E-state index contributed by atoms with van der Waals surface area (Å²) in [6, 6.07) is 9.76. The molecule has 0 aromatic heterocycles. The van der Waals surface area contributed by atoms with E-state index in [4.69, 9.17) is 0 Å². The Morgan fingerprint density at radius 1 is 1.14 bits per heavy atom. The Morgan fingerprint density at radius 2 is 1.73 bits per heavy atom. The molecule has 5 heteroatoms. The van der Waals surface area contributed by atoms with Crippen LogP contribution in [-0.2, 0) is 9.59 Å². The molecule has 2 atom stereocenters. The maximum absolute atomic E-state index is 12.1. The van der Waals surface area contributed by atoms with Crippen molar-refractivity contribution in [2.45, 2.75) is 39.8 Å². The van der Waals surface area contributed by atoms with Gasteiger partial charge in [-0.3, -0.25) is 14.5 Å². The van der Waals surface area contributed by atoms with Gasteiger partial charge in [-0.2, -0.15) is 0 Å². The molecule has 1 aromatic carbocycles. The van der Waals surface area contributed by atoms with Gasteiger partial charge in [-0.25, -0.2) is 0 Å². The van der Waals surface area contributed by atoms with Crippen molar-refractivity contribution < 1.29 is 9.59 Å². The third-order valence-corrected chi connectivity index (χ3v) is 3.72. The lowest BCUT2D eigenvalue weighted by molar-refractivity contribution is -0.127. The molecular formula is C17H27N3O2. The molecule has 5 nitrogen and oxygen atoms in total. The molecule has 0 spiro atoms. The van der Waals surface area contributed by atoms with Crippen molar-refractivity contribution in [3.63, 3.8) is 0 Å². The molecule has 2 unspecified atom stereocenters. The lowest BCUT2D eigenvalue weighted by Gasteiger charge is -2.30. The number of amides is 2. The summed E-state index contributed by atoms with van der Waals surface area (Å²) in [5, 5.41) is 5.54.